The second kappa shape index (κ2) is 5.61. The van der Waals surface area contributed by atoms with Gasteiger partial charge in [-0.2, -0.15) is 0 Å². The maximum absolute atomic E-state index is 5.91. The van der Waals surface area contributed by atoms with E-state index < -0.39 is 0 Å². The Balaban J connectivity index is 1.93. The molecule has 3 rings (SSSR count). The van der Waals surface area contributed by atoms with E-state index in [0.717, 1.165) is 11.1 Å². The van der Waals surface area contributed by atoms with Gasteiger partial charge in [0.2, 0.25) is 6.20 Å². The molecule has 0 aliphatic heterocycles. The second-order valence-electron chi connectivity index (χ2n) is 4.39. The molecule has 0 aliphatic carbocycles. The summed E-state index contributed by atoms with van der Waals surface area (Å²) in [6.07, 6.45) is 1.83. The minimum atomic E-state index is 0.586. The molecule has 2 aromatic carbocycles. The minimum Gasteiger partial charge on any atom is -0.402 e. The van der Waals surface area contributed by atoms with Crippen LogP contribution in [0.2, 0.25) is 0 Å². The predicted octanol–water partition coefficient (Wildman–Crippen LogP) is 3.37. The normalized spacial score (nSPS) is 10.4. The highest BCUT2D eigenvalue weighted by atomic mass is 16.7. The van der Waals surface area contributed by atoms with Crippen molar-refractivity contribution in [1.29, 1.82) is 0 Å². The zero-order valence-electron chi connectivity index (χ0n) is 11.3. The first kappa shape index (κ1) is 12.5. The van der Waals surface area contributed by atoms with Gasteiger partial charge in [-0.15, -0.1) is 0 Å². The van der Waals surface area contributed by atoms with Crippen LogP contribution in [0.3, 0.4) is 0 Å². The first-order valence-electron chi connectivity index (χ1n) is 6.67. The monoisotopic (exact) mass is 266 g/mol. The molecule has 0 saturated heterocycles. The number of aromatic nitrogens is 1. The summed E-state index contributed by atoms with van der Waals surface area (Å²) in [6.45, 7) is 2.53. The quantitative estimate of drug-likeness (QED) is 0.676. The molecule has 20 heavy (non-hydrogen) atoms. The Morgan fingerprint density at radius 2 is 1.70 bits per heavy atom. The molecule has 0 bridgehead atoms. The van der Waals surface area contributed by atoms with Crippen LogP contribution in [0.25, 0.3) is 10.8 Å². The van der Waals surface area contributed by atoms with Crippen LogP contribution in [0.15, 0.2) is 66.9 Å². The van der Waals surface area contributed by atoms with Gasteiger partial charge >= 0.3 is 5.88 Å². The van der Waals surface area contributed by atoms with Crippen LogP contribution >= 0.6 is 0 Å². The van der Waals surface area contributed by atoms with Crippen molar-refractivity contribution < 1.29 is 14.3 Å². The van der Waals surface area contributed by atoms with Gasteiger partial charge in [0.15, 0.2) is 6.61 Å². The summed E-state index contributed by atoms with van der Waals surface area (Å²) in [5.74, 6) is 1.45. The Morgan fingerprint density at radius 3 is 2.55 bits per heavy atom. The van der Waals surface area contributed by atoms with E-state index >= 15 is 0 Å². The van der Waals surface area contributed by atoms with Gasteiger partial charge < -0.3 is 4.74 Å². The van der Waals surface area contributed by atoms with Crippen molar-refractivity contribution in [3.63, 3.8) is 0 Å². The smallest absolute Gasteiger partial charge is 0.402 e. The average molecular weight is 266 g/mol. The molecule has 3 aromatic rings. The van der Waals surface area contributed by atoms with Gasteiger partial charge in [0, 0.05) is 10.8 Å². The van der Waals surface area contributed by atoms with Gasteiger partial charge in [0.25, 0.3) is 0 Å². The van der Waals surface area contributed by atoms with Crippen molar-refractivity contribution in [3.05, 3.63) is 66.9 Å². The molecular weight excluding hydrogens is 250 g/mol. The van der Waals surface area contributed by atoms with Crippen molar-refractivity contribution in [1.82, 2.24) is 0 Å². The van der Waals surface area contributed by atoms with Gasteiger partial charge in [-0.25, -0.2) is 0 Å². The van der Waals surface area contributed by atoms with Crippen LogP contribution in [0.4, 0.5) is 0 Å². The highest BCUT2D eigenvalue weighted by Gasteiger charge is 2.13. The molecule has 1 heterocycles. The number of fused-ring (bicyclic) bond motifs is 1. The number of ether oxygens (including phenoxy) is 1. The van der Waals surface area contributed by atoms with E-state index in [9.17, 15) is 0 Å². The lowest BCUT2D eigenvalue weighted by Crippen LogP contribution is -2.43. The molecule has 0 atom stereocenters. The molecule has 1 aromatic heterocycles. The minimum absolute atomic E-state index is 0.586. The Hall–Kier alpha value is -2.55. The first-order chi connectivity index (χ1) is 9.86. The Morgan fingerprint density at radius 1 is 0.900 bits per heavy atom. The zero-order chi connectivity index (χ0) is 13.8. The largest absolute Gasteiger partial charge is 0.422 e. The third-order valence-corrected chi connectivity index (χ3v) is 3.00. The van der Waals surface area contributed by atoms with Crippen LogP contribution in [0.1, 0.15) is 6.92 Å². The van der Waals surface area contributed by atoms with Crippen molar-refractivity contribution in [2.75, 3.05) is 6.61 Å². The van der Waals surface area contributed by atoms with E-state index in [4.69, 9.17) is 9.57 Å². The Bertz CT molecular complexity index is 725. The number of nitrogens with zero attached hydrogens (tertiary/aromatic N) is 1. The third kappa shape index (κ3) is 2.57. The molecule has 0 amide bonds. The van der Waals surface area contributed by atoms with Gasteiger partial charge in [-0.05, 0) is 35.9 Å². The molecule has 3 heteroatoms. The van der Waals surface area contributed by atoms with Crippen LogP contribution in [0, 0.1) is 0 Å². The van der Waals surface area contributed by atoms with Crippen LogP contribution in [0.5, 0.6) is 11.6 Å². The third-order valence-electron chi connectivity index (χ3n) is 3.00. The van der Waals surface area contributed by atoms with Gasteiger partial charge in [-0.3, -0.25) is 4.84 Å². The van der Waals surface area contributed by atoms with Crippen LogP contribution in [-0.2, 0) is 0 Å². The molecule has 0 N–H and O–H groups in total. The summed E-state index contributed by atoms with van der Waals surface area (Å²) in [5.41, 5.74) is 0. The van der Waals surface area contributed by atoms with Crippen LogP contribution < -0.4 is 14.3 Å². The highest BCUT2D eigenvalue weighted by Crippen LogP contribution is 2.23. The predicted molar refractivity (Wildman–Crippen MR) is 77.8 cm³/mol. The molecular formula is C17H16NO2+. The van der Waals surface area contributed by atoms with E-state index in [1.807, 2.05) is 55.6 Å². The summed E-state index contributed by atoms with van der Waals surface area (Å²) >= 11 is 0. The maximum atomic E-state index is 5.91. The number of rotatable bonds is 4. The van der Waals surface area contributed by atoms with E-state index in [1.54, 1.807) is 4.73 Å². The lowest BCUT2D eigenvalue weighted by molar-refractivity contribution is -0.892. The maximum Gasteiger partial charge on any atom is 0.422 e. The summed E-state index contributed by atoms with van der Waals surface area (Å²) < 4.78 is 7.54. The lowest BCUT2D eigenvalue weighted by Gasteiger charge is -2.05. The fraction of sp³-hybridized carbons (Fsp3) is 0.118. The van der Waals surface area contributed by atoms with Crippen molar-refractivity contribution in [2.24, 2.45) is 0 Å². The second-order valence-corrected chi connectivity index (χ2v) is 4.39. The molecule has 0 fully saturated rings. The fourth-order valence-electron chi connectivity index (χ4n) is 2.09. The van der Waals surface area contributed by atoms with Gasteiger partial charge in [0.05, 0.1) is 6.07 Å². The van der Waals surface area contributed by atoms with E-state index in [1.165, 1.54) is 5.39 Å². The summed E-state index contributed by atoms with van der Waals surface area (Å²) in [4.78, 5) is 5.49. The summed E-state index contributed by atoms with van der Waals surface area (Å²) in [5, 5.41) is 2.36. The summed E-state index contributed by atoms with van der Waals surface area (Å²) in [6, 6.07) is 20.0. The number of pyridine rings is 1. The average Bonchev–Trinajstić information content (AvgIpc) is 2.49. The molecule has 3 nitrogen and oxygen atoms in total. The molecule has 0 unspecified atom stereocenters. The van der Waals surface area contributed by atoms with Crippen molar-refractivity contribution in [3.8, 4) is 11.6 Å². The zero-order valence-corrected chi connectivity index (χ0v) is 11.3. The van der Waals surface area contributed by atoms with E-state index in [2.05, 4.69) is 18.2 Å². The first-order valence-corrected chi connectivity index (χ1v) is 6.67. The topological polar surface area (TPSA) is 22.3 Å². The van der Waals surface area contributed by atoms with Crippen molar-refractivity contribution in [2.45, 2.75) is 6.92 Å². The van der Waals surface area contributed by atoms with Crippen LogP contribution in [-0.4, -0.2) is 6.61 Å². The standard InChI is InChI=1S/C17H16NO2/c1-2-19-18-12-6-5-9-17(18)20-16-11-10-14-7-3-4-8-15(14)13-16/h3-13H,2H2,1H3/q+1. The lowest BCUT2D eigenvalue weighted by atomic mass is 10.1. The molecule has 0 aliphatic rings. The molecule has 0 radical (unpaired) electrons. The van der Waals surface area contributed by atoms with E-state index in [0.29, 0.717) is 12.5 Å². The number of hydrogen-bond acceptors (Lipinski definition) is 2. The number of hydrogen-bond donors (Lipinski definition) is 0. The molecule has 100 valence electrons. The van der Waals surface area contributed by atoms with Gasteiger partial charge in [0.1, 0.15) is 5.75 Å². The molecule has 0 saturated carbocycles. The van der Waals surface area contributed by atoms with Gasteiger partial charge in [-0.1, -0.05) is 30.3 Å². The fourth-order valence-corrected chi connectivity index (χ4v) is 2.09. The highest BCUT2D eigenvalue weighted by molar-refractivity contribution is 5.83. The van der Waals surface area contributed by atoms with Crippen molar-refractivity contribution >= 4 is 10.8 Å². The SMILES string of the molecule is CCO[n+]1ccccc1Oc1ccc2ccccc2c1. The summed E-state index contributed by atoms with van der Waals surface area (Å²) in [7, 11) is 0. The Labute approximate surface area is 118 Å². The Kier molecular flexibility index (Phi) is 3.50. The number of benzene rings is 2. The molecule has 0 spiro atoms. The van der Waals surface area contributed by atoms with E-state index in [-0.39, 0.29) is 0 Å².